The van der Waals surface area contributed by atoms with Gasteiger partial charge in [-0.15, -0.1) is 3.89 Å². The number of rotatable bonds is 7. The molecule has 14 heavy (non-hydrogen) atoms. The molecule has 0 amide bonds. The molecule has 0 aliphatic rings. The van der Waals surface area contributed by atoms with E-state index in [1.165, 1.54) is 17.8 Å². The Morgan fingerprint density at radius 1 is 1.21 bits per heavy atom. The molecule has 0 aromatic rings. The molecule has 0 radical (unpaired) electrons. The smallest absolute Gasteiger partial charge is 0.195 e. The molecule has 6 heteroatoms. The minimum Gasteiger partial charge on any atom is -0.195 e. The summed E-state index contributed by atoms with van der Waals surface area (Å²) in [7, 11) is -5.21. The largest absolute Gasteiger partial charge is 0.303 e. The maximum absolute atomic E-state index is 12.1. The zero-order valence-corrected chi connectivity index (χ0v) is 11.7. The highest BCUT2D eigenvalue weighted by molar-refractivity contribution is 8.00. The third-order valence-electron chi connectivity index (χ3n) is 1.69. The molecule has 0 rings (SSSR count). The molecule has 0 aromatic heterocycles. The molecule has 0 heterocycles. The van der Waals surface area contributed by atoms with Crippen molar-refractivity contribution in [2.45, 2.75) is 32.1 Å². The fraction of sp³-hybridized carbons (Fsp3) is 1.00. The maximum Gasteiger partial charge on any atom is 0.303 e. The Bertz CT molecular complexity index is 247. The van der Waals surface area contributed by atoms with Gasteiger partial charge in [0.1, 0.15) is 0 Å². The van der Waals surface area contributed by atoms with E-state index in [-0.39, 0.29) is 5.75 Å². The molecule has 0 saturated carbocycles. The molecule has 0 unspecified atom stereocenters. The van der Waals surface area contributed by atoms with Gasteiger partial charge in [-0.1, -0.05) is 25.7 Å². The SMILES string of the molecule is C[Si](C)(C)CCCSCCS(=O)(=O)F. The van der Waals surface area contributed by atoms with Crippen LogP contribution in [0, 0.1) is 0 Å². The molecule has 0 saturated heterocycles. The minimum atomic E-state index is -4.25. The molecule has 0 bridgehead atoms. The fourth-order valence-electron chi connectivity index (χ4n) is 0.965. The Kier molecular flexibility index (Phi) is 6.32. The van der Waals surface area contributed by atoms with Crippen LogP contribution in [0.3, 0.4) is 0 Å². The van der Waals surface area contributed by atoms with Gasteiger partial charge in [-0.25, -0.2) is 0 Å². The monoisotopic (exact) mass is 258 g/mol. The number of halogens is 1. The second kappa shape index (κ2) is 6.12. The summed E-state index contributed by atoms with van der Waals surface area (Å²) in [4.78, 5) is 0. The van der Waals surface area contributed by atoms with Crippen LogP contribution in [0.15, 0.2) is 0 Å². The van der Waals surface area contributed by atoms with E-state index in [1.807, 2.05) is 0 Å². The van der Waals surface area contributed by atoms with Crippen LogP contribution in [0.1, 0.15) is 6.42 Å². The third-order valence-corrected chi connectivity index (χ3v) is 5.56. The summed E-state index contributed by atoms with van der Waals surface area (Å²) in [6.45, 7) is 6.93. The predicted molar refractivity (Wildman–Crippen MR) is 65.0 cm³/mol. The molecule has 2 nitrogen and oxygen atoms in total. The lowest BCUT2D eigenvalue weighted by atomic mass is 10.6. The first-order valence-corrected chi connectivity index (χ1v) is 11.1. The Labute approximate surface area is 91.9 Å². The van der Waals surface area contributed by atoms with Gasteiger partial charge >= 0.3 is 10.2 Å². The first kappa shape index (κ1) is 14.4. The molecule has 0 N–H and O–H groups in total. The van der Waals surface area contributed by atoms with Gasteiger partial charge in [-0.2, -0.15) is 20.2 Å². The Balaban J connectivity index is 3.32. The molecule has 0 atom stereocenters. The van der Waals surface area contributed by atoms with Gasteiger partial charge in [0, 0.05) is 13.8 Å². The van der Waals surface area contributed by atoms with Crippen LogP contribution in [0.2, 0.25) is 25.7 Å². The number of hydrogen-bond acceptors (Lipinski definition) is 3. The van der Waals surface area contributed by atoms with Gasteiger partial charge in [-0.3, -0.25) is 0 Å². The third kappa shape index (κ3) is 12.4. The van der Waals surface area contributed by atoms with E-state index in [9.17, 15) is 12.3 Å². The summed E-state index contributed by atoms with van der Waals surface area (Å²) < 4.78 is 32.4. The highest BCUT2D eigenvalue weighted by Gasteiger charge is 2.12. The lowest BCUT2D eigenvalue weighted by Gasteiger charge is -2.14. The Hall–Kier alpha value is 0.447. The van der Waals surface area contributed by atoms with E-state index < -0.39 is 18.3 Å². The fourth-order valence-corrected chi connectivity index (χ4v) is 4.28. The van der Waals surface area contributed by atoms with Gasteiger partial charge in [0.2, 0.25) is 0 Å². The van der Waals surface area contributed by atoms with Gasteiger partial charge in [-0.05, 0) is 12.2 Å². The molecule has 0 aliphatic heterocycles. The van der Waals surface area contributed by atoms with Crippen molar-refractivity contribution in [2.75, 3.05) is 17.3 Å². The Morgan fingerprint density at radius 2 is 1.79 bits per heavy atom. The van der Waals surface area contributed by atoms with E-state index in [1.54, 1.807) is 0 Å². The normalized spacial score (nSPS) is 13.1. The van der Waals surface area contributed by atoms with Gasteiger partial charge in [0.25, 0.3) is 0 Å². The highest BCUT2D eigenvalue weighted by atomic mass is 32.3. The van der Waals surface area contributed by atoms with Gasteiger partial charge < -0.3 is 0 Å². The summed E-state index contributed by atoms with van der Waals surface area (Å²) in [6, 6.07) is 1.25. The maximum atomic E-state index is 12.1. The number of hydrogen-bond donors (Lipinski definition) is 0. The summed E-state index contributed by atoms with van der Waals surface area (Å²) >= 11 is 1.52. The van der Waals surface area contributed by atoms with E-state index in [0.29, 0.717) is 5.75 Å². The quantitative estimate of drug-likeness (QED) is 0.400. The zero-order valence-electron chi connectivity index (χ0n) is 9.05. The zero-order chi connectivity index (χ0) is 11.2. The van der Waals surface area contributed by atoms with E-state index >= 15 is 0 Å². The van der Waals surface area contributed by atoms with E-state index in [2.05, 4.69) is 19.6 Å². The molecular weight excluding hydrogens is 239 g/mol. The lowest BCUT2D eigenvalue weighted by Crippen LogP contribution is -2.19. The van der Waals surface area contributed by atoms with Crippen molar-refractivity contribution in [2.24, 2.45) is 0 Å². The van der Waals surface area contributed by atoms with E-state index in [0.717, 1.165) is 12.2 Å². The average molecular weight is 258 g/mol. The second-order valence-corrected chi connectivity index (χ2v) is 12.9. The number of thioether (sulfide) groups is 1. The second-order valence-electron chi connectivity index (χ2n) is 4.52. The van der Waals surface area contributed by atoms with Gasteiger partial charge in [0.05, 0.1) is 5.75 Å². The van der Waals surface area contributed by atoms with Crippen LogP contribution in [0.5, 0.6) is 0 Å². The summed E-state index contributed by atoms with van der Waals surface area (Å²) in [5, 5.41) is 0. The Morgan fingerprint density at radius 3 is 2.21 bits per heavy atom. The van der Waals surface area contributed by atoms with Crippen LogP contribution in [-0.4, -0.2) is 33.8 Å². The molecule has 0 spiro atoms. The molecular formula is C8H19FO2S2Si. The van der Waals surface area contributed by atoms with Crippen molar-refractivity contribution in [3.05, 3.63) is 0 Å². The van der Waals surface area contributed by atoms with Crippen molar-refractivity contribution >= 4 is 30.1 Å². The lowest BCUT2D eigenvalue weighted by molar-refractivity contribution is 0.554. The first-order valence-electron chi connectivity index (χ1n) is 4.71. The minimum absolute atomic E-state index is 0.343. The highest BCUT2D eigenvalue weighted by Crippen LogP contribution is 2.14. The van der Waals surface area contributed by atoms with Crippen LogP contribution in [0.25, 0.3) is 0 Å². The average Bonchev–Trinajstić information content (AvgIpc) is 1.92. The van der Waals surface area contributed by atoms with Crippen molar-refractivity contribution in [3.63, 3.8) is 0 Å². The summed E-state index contributed by atoms with van der Waals surface area (Å²) in [5.41, 5.74) is 0. The molecule has 0 aromatic carbocycles. The molecule has 86 valence electrons. The van der Waals surface area contributed by atoms with Crippen molar-refractivity contribution in [3.8, 4) is 0 Å². The van der Waals surface area contributed by atoms with Crippen LogP contribution in [-0.2, 0) is 10.2 Å². The van der Waals surface area contributed by atoms with Crippen LogP contribution >= 0.6 is 11.8 Å². The van der Waals surface area contributed by atoms with Gasteiger partial charge in [0.15, 0.2) is 0 Å². The van der Waals surface area contributed by atoms with Crippen molar-refractivity contribution in [1.29, 1.82) is 0 Å². The predicted octanol–water partition coefficient (Wildman–Crippen LogP) is 2.75. The van der Waals surface area contributed by atoms with Crippen molar-refractivity contribution < 1.29 is 12.3 Å². The van der Waals surface area contributed by atoms with Crippen LogP contribution in [0.4, 0.5) is 3.89 Å². The summed E-state index contributed by atoms with van der Waals surface area (Å²) in [5.74, 6) is 0.981. The molecule has 0 fully saturated rings. The standard InChI is InChI=1S/C8H19FO2S2Si/c1-14(2,3)8-4-5-12-6-7-13(9,10)11/h4-8H2,1-3H3. The summed E-state index contributed by atoms with van der Waals surface area (Å²) in [6.07, 6.45) is 1.12. The van der Waals surface area contributed by atoms with Crippen molar-refractivity contribution in [1.82, 2.24) is 0 Å². The molecule has 0 aliphatic carbocycles. The van der Waals surface area contributed by atoms with Crippen LogP contribution < -0.4 is 0 Å². The van der Waals surface area contributed by atoms with E-state index in [4.69, 9.17) is 0 Å². The first-order chi connectivity index (χ1) is 6.21. The topological polar surface area (TPSA) is 34.1 Å².